The molecule has 1 rings (SSSR count). The molecule has 2 unspecified atom stereocenters. The van der Waals surface area contributed by atoms with Crippen LogP contribution < -0.4 is 5.32 Å². The van der Waals surface area contributed by atoms with Crippen LogP contribution in [0.25, 0.3) is 0 Å². The second-order valence-electron chi connectivity index (χ2n) is 3.13. The minimum absolute atomic E-state index is 0.0902. The molecule has 1 aromatic heterocycles. The molecule has 0 aliphatic heterocycles. The van der Waals surface area contributed by atoms with E-state index in [0.29, 0.717) is 0 Å². The van der Waals surface area contributed by atoms with E-state index in [1.165, 1.54) is 0 Å². The number of aliphatic hydroxyl groups excluding tert-OH is 1. The van der Waals surface area contributed by atoms with Crippen LogP contribution in [0.3, 0.4) is 0 Å². The van der Waals surface area contributed by atoms with Gasteiger partial charge < -0.3 is 15.0 Å². The molecule has 0 amide bonds. The molecule has 0 aliphatic rings. The second kappa shape index (κ2) is 3.74. The Balaban J connectivity index is 2.70. The summed E-state index contributed by atoms with van der Waals surface area (Å²) < 4.78 is 1.93. The number of aliphatic hydroxyl groups is 1. The predicted octanol–water partition coefficient (Wildman–Crippen LogP) is 0.666. The standard InChI is InChI=1S/C9H16N2O/c1-7(10-2)9(12)8-4-5-11(3)6-8/h4-7,9-10,12H,1-3H3. The van der Waals surface area contributed by atoms with Crippen LogP contribution in [0.2, 0.25) is 0 Å². The van der Waals surface area contributed by atoms with Gasteiger partial charge in [-0.25, -0.2) is 0 Å². The van der Waals surface area contributed by atoms with Gasteiger partial charge in [-0.3, -0.25) is 0 Å². The van der Waals surface area contributed by atoms with E-state index in [1.807, 2.05) is 44.0 Å². The lowest BCUT2D eigenvalue weighted by molar-refractivity contribution is 0.140. The number of hydrogen-bond acceptors (Lipinski definition) is 2. The van der Waals surface area contributed by atoms with Crippen LogP contribution in [0.4, 0.5) is 0 Å². The van der Waals surface area contributed by atoms with E-state index in [0.717, 1.165) is 5.56 Å². The highest BCUT2D eigenvalue weighted by Crippen LogP contribution is 2.15. The lowest BCUT2D eigenvalue weighted by Crippen LogP contribution is -2.28. The van der Waals surface area contributed by atoms with Crippen molar-refractivity contribution in [1.29, 1.82) is 0 Å². The summed E-state index contributed by atoms with van der Waals surface area (Å²) in [5, 5.41) is 12.7. The van der Waals surface area contributed by atoms with Crippen LogP contribution in [0, 0.1) is 0 Å². The van der Waals surface area contributed by atoms with Gasteiger partial charge in [0.1, 0.15) is 0 Å². The summed E-state index contributed by atoms with van der Waals surface area (Å²) in [4.78, 5) is 0. The average molecular weight is 168 g/mol. The van der Waals surface area contributed by atoms with Crippen LogP contribution in [0.5, 0.6) is 0 Å². The van der Waals surface area contributed by atoms with Gasteiger partial charge in [-0.1, -0.05) is 0 Å². The molecule has 0 fully saturated rings. The Morgan fingerprint density at radius 3 is 2.67 bits per heavy atom. The van der Waals surface area contributed by atoms with Crippen LogP contribution in [-0.2, 0) is 7.05 Å². The van der Waals surface area contributed by atoms with Crippen molar-refractivity contribution in [1.82, 2.24) is 9.88 Å². The highest BCUT2D eigenvalue weighted by atomic mass is 16.3. The molecule has 0 bridgehead atoms. The molecule has 0 aromatic carbocycles. The Bertz CT molecular complexity index is 244. The molecule has 0 radical (unpaired) electrons. The van der Waals surface area contributed by atoms with Crippen molar-refractivity contribution in [2.24, 2.45) is 7.05 Å². The van der Waals surface area contributed by atoms with Gasteiger partial charge >= 0.3 is 0 Å². The van der Waals surface area contributed by atoms with E-state index >= 15 is 0 Å². The predicted molar refractivity (Wildman–Crippen MR) is 48.9 cm³/mol. The van der Waals surface area contributed by atoms with E-state index in [2.05, 4.69) is 5.32 Å². The topological polar surface area (TPSA) is 37.2 Å². The molecule has 0 saturated carbocycles. The number of likely N-dealkylation sites (N-methyl/N-ethyl adjacent to an activating group) is 1. The first-order chi connectivity index (χ1) is 5.65. The Labute approximate surface area is 73.0 Å². The molecule has 3 heteroatoms. The Kier molecular flexibility index (Phi) is 2.89. The number of hydrogen-bond donors (Lipinski definition) is 2. The average Bonchev–Trinajstić information content (AvgIpc) is 2.49. The third-order valence-electron chi connectivity index (χ3n) is 2.13. The second-order valence-corrected chi connectivity index (χ2v) is 3.13. The van der Waals surface area contributed by atoms with Crippen molar-refractivity contribution in [2.75, 3.05) is 7.05 Å². The molecule has 2 atom stereocenters. The Morgan fingerprint density at radius 2 is 2.25 bits per heavy atom. The van der Waals surface area contributed by atoms with E-state index < -0.39 is 6.10 Å². The molecule has 0 aliphatic carbocycles. The maximum absolute atomic E-state index is 9.73. The van der Waals surface area contributed by atoms with Crippen LogP contribution >= 0.6 is 0 Å². The molecule has 1 aromatic rings. The van der Waals surface area contributed by atoms with Gasteiger partial charge in [0.05, 0.1) is 6.10 Å². The molecule has 2 N–H and O–H groups in total. The summed E-state index contributed by atoms with van der Waals surface area (Å²) in [6, 6.07) is 2.02. The fraction of sp³-hybridized carbons (Fsp3) is 0.556. The number of nitrogens with zero attached hydrogens (tertiary/aromatic N) is 1. The highest BCUT2D eigenvalue weighted by molar-refractivity contribution is 5.14. The number of rotatable bonds is 3. The van der Waals surface area contributed by atoms with Gasteiger partial charge in [0.25, 0.3) is 0 Å². The first-order valence-electron chi connectivity index (χ1n) is 4.12. The summed E-state index contributed by atoms with van der Waals surface area (Å²) in [6.45, 7) is 1.96. The first kappa shape index (κ1) is 9.29. The number of aromatic nitrogens is 1. The van der Waals surface area contributed by atoms with E-state index in [4.69, 9.17) is 0 Å². The largest absolute Gasteiger partial charge is 0.387 e. The van der Waals surface area contributed by atoms with Crippen LogP contribution in [-0.4, -0.2) is 22.8 Å². The maximum atomic E-state index is 9.73. The van der Waals surface area contributed by atoms with E-state index in [9.17, 15) is 5.11 Å². The fourth-order valence-corrected chi connectivity index (χ4v) is 1.15. The molecule has 3 nitrogen and oxygen atoms in total. The zero-order valence-corrected chi connectivity index (χ0v) is 7.78. The van der Waals surface area contributed by atoms with E-state index in [-0.39, 0.29) is 6.04 Å². The molecule has 1 heterocycles. The lowest BCUT2D eigenvalue weighted by Gasteiger charge is -2.16. The van der Waals surface area contributed by atoms with Crippen molar-refractivity contribution >= 4 is 0 Å². The molecule has 12 heavy (non-hydrogen) atoms. The van der Waals surface area contributed by atoms with Gasteiger partial charge in [0.15, 0.2) is 0 Å². The number of aryl methyl sites for hydroxylation is 1. The van der Waals surface area contributed by atoms with Gasteiger partial charge in [0, 0.05) is 25.5 Å². The van der Waals surface area contributed by atoms with Gasteiger partial charge in [-0.2, -0.15) is 0 Å². The third-order valence-corrected chi connectivity index (χ3v) is 2.13. The first-order valence-corrected chi connectivity index (χ1v) is 4.12. The minimum Gasteiger partial charge on any atom is -0.387 e. The molecular formula is C9H16N2O. The van der Waals surface area contributed by atoms with Crippen LogP contribution in [0.1, 0.15) is 18.6 Å². The summed E-state index contributed by atoms with van der Waals surface area (Å²) in [6.07, 6.45) is 3.44. The lowest BCUT2D eigenvalue weighted by atomic mass is 10.1. The maximum Gasteiger partial charge on any atom is 0.0954 e. The summed E-state index contributed by atoms with van der Waals surface area (Å²) >= 11 is 0. The Morgan fingerprint density at radius 1 is 1.58 bits per heavy atom. The zero-order chi connectivity index (χ0) is 9.14. The van der Waals surface area contributed by atoms with Gasteiger partial charge in [-0.15, -0.1) is 0 Å². The quantitative estimate of drug-likeness (QED) is 0.696. The highest BCUT2D eigenvalue weighted by Gasteiger charge is 2.14. The van der Waals surface area contributed by atoms with Crippen molar-refractivity contribution in [2.45, 2.75) is 19.1 Å². The molecule has 0 saturated heterocycles. The zero-order valence-electron chi connectivity index (χ0n) is 7.78. The van der Waals surface area contributed by atoms with Crippen molar-refractivity contribution in [3.63, 3.8) is 0 Å². The van der Waals surface area contributed by atoms with Crippen LogP contribution in [0.15, 0.2) is 18.5 Å². The van der Waals surface area contributed by atoms with Gasteiger partial charge in [0.2, 0.25) is 0 Å². The third kappa shape index (κ3) is 1.87. The molecular weight excluding hydrogens is 152 g/mol. The number of nitrogens with one attached hydrogen (secondary N) is 1. The normalized spacial score (nSPS) is 16.0. The van der Waals surface area contributed by atoms with Gasteiger partial charge in [-0.05, 0) is 25.6 Å². The summed E-state index contributed by atoms with van der Waals surface area (Å²) in [5.41, 5.74) is 0.958. The summed E-state index contributed by atoms with van der Waals surface area (Å²) in [7, 11) is 3.79. The van der Waals surface area contributed by atoms with Crippen molar-refractivity contribution in [3.05, 3.63) is 24.0 Å². The van der Waals surface area contributed by atoms with E-state index in [1.54, 1.807) is 0 Å². The smallest absolute Gasteiger partial charge is 0.0954 e. The fourth-order valence-electron chi connectivity index (χ4n) is 1.15. The molecule has 0 spiro atoms. The van der Waals surface area contributed by atoms with Crippen molar-refractivity contribution in [3.8, 4) is 0 Å². The van der Waals surface area contributed by atoms with Crippen molar-refractivity contribution < 1.29 is 5.11 Å². The molecule has 68 valence electrons. The monoisotopic (exact) mass is 168 g/mol. The SMILES string of the molecule is CNC(C)C(O)c1ccn(C)c1. The Hall–Kier alpha value is -0.800. The summed E-state index contributed by atoms with van der Waals surface area (Å²) in [5.74, 6) is 0. The minimum atomic E-state index is -0.420.